The van der Waals surface area contributed by atoms with Gasteiger partial charge in [0.1, 0.15) is 5.82 Å². The summed E-state index contributed by atoms with van der Waals surface area (Å²) < 4.78 is 13.7. The number of hydrogen-bond donors (Lipinski definition) is 2. The number of rotatable bonds is 2. The zero-order valence-corrected chi connectivity index (χ0v) is 12.3. The molecular formula is C15H20ClFN2O. The van der Waals surface area contributed by atoms with E-state index in [1.807, 2.05) is 6.92 Å². The van der Waals surface area contributed by atoms with Gasteiger partial charge in [-0.2, -0.15) is 0 Å². The first-order chi connectivity index (χ1) is 9.11. The average molecular weight is 299 g/mol. The van der Waals surface area contributed by atoms with Crippen molar-refractivity contribution >= 4 is 18.3 Å². The number of hydrogen-bond acceptors (Lipinski definition) is 2. The maximum atomic E-state index is 13.7. The summed E-state index contributed by atoms with van der Waals surface area (Å²) in [4.78, 5) is 12.1. The van der Waals surface area contributed by atoms with Crippen LogP contribution < -0.4 is 10.6 Å². The Morgan fingerprint density at radius 1 is 1.30 bits per heavy atom. The molecule has 2 N–H and O–H groups in total. The molecule has 2 fully saturated rings. The summed E-state index contributed by atoms with van der Waals surface area (Å²) in [5, 5.41) is 6.51. The lowest BCUT2D eigenvalue weighted by Gasteiger charge is -2.29. The Morgan fingerprint density at radius 2 is 1.95 bits per heavy atom. The van der Waals surface area contributed by atoms with Crippen molar-refractivity contribution in [2.75, 3.05) is 0 Å². The van der Waals surface area contributed by atoms with Crippen LogP contribution in [0.4, 0.5) is 4.39 Å². The molecule has 0 saturated carbocycles. The van der Waals surface area contributed by atoms with E-state index in [0.717, 1.165) is 18.4 Å². The molecule has 1 aromatic carbocycles. The molecule has 0 aromatic heterocycles. The maximum absolute atomic E-state index is 13.7. The molecular weight excluding hydrogens is 279 g/mol. The van der Waals surface area contributed by atoms with E-state index in [2.05, 4.69) is 10.6 Å². The molecule has 3 rings (SSSR count). The van der Waals surface area contributed by atoms with Crippen LogP contribution in [-0.4, -0.2) is 24.0 Å². The van der Waals surface area contributed by atoms with Gasteiger partial charge in [-0.15, -0.1) is 12.4 Å². The fourth-order valence-corrected chi connectivity index (χ4v) is 3.25. The van der Waals surface area contributed by atoms with Gasteiger partial charge < -0.3 is 10.6 Å². The Bertz CT molecular complexity index is 497. The molecule has 3 nitrogen and oxygen atoms in total. The summed E-state index contributed by atoms with van der Waals surface area (Å²) in [6.45, 7) is 1.86. The molecule has 2 aliphatic heterocycles. The molecule has 2 heterocycles. The standard InChI is InChI=1S/C15H19FN2O.ClH/c1-9-2-5-14(16)13(6-9)15(19)18-12-7-10-3-4-11(8-12)17-10;/h2,5-6,10-12,17H,3-4,7-8H2,1H3,(H,18,19);1H. The molecule has 20 heavy (non-hydrogen) atoms. The van der Waals surface area contributed by atoms with Crippen LogP contribution in [0.25, 0.3) is 0 Å². The third-order valence-corrected chi connectivity index (χ3v) is 4.17. The molecule has 1 aromatic rings. The van der Waals surface area contributed by atoms with Crippen molar-refractivity contribution < 1.29 is 9.18 Å². The molecule has 2 atom stereocenters. The first-order valence-electron chi connectivity index (χ1n) is 6.95. The molecule has 2 aliphatic rings. The van der Waals surface area contributed by atoms with Gasteiger partial charge in [0.2, 0.25) is 0 Å². The molecule has 2 unspecified atom stereocenters. The average Bonchev–Trinajstić information content (AvgIpc) is 2.71. The Labute approximate surface area is 124 Å². The van der Waals surface area contributed by atoms with Crippen LogP contribution in [0.2, 0.25) is 0 Å². The van der Waals surface area contributed by atoms with Crippen LogP contribution in [0.15, 0.2) is 18.2 Å². The van der Waals surface area contributed by atoms with Gasteiger partial charge in [-0.05, 0) is 44.7 Å². The van der Waals surface area contributed by atoms with Gasteiger partial charge in [0, 0.05) is 18.1 Å². The number of benzene rings is 1. The van der Waals surface area contributed by atoms with Gasteiger partial charge in [-0.1, -0.05) is 11.6 Å². The predicted octanol–water partition coefficient (Wildman–Crippen LogP) is 2.57. The monoisotopic (exact) mass is 298 g/mol. The SMILES string of the molecule is Cc1ccc(F)c(C(=O)NC2CC3CCC(C2)N3)c1.Cl. The minimum Gasteiger partial charge on any atom is -0.349 e. The number of carbonyl (C=O) groups excluding carboxylic acids is 1. The molecule has 0 radical (unpaired) electrons. The summed E-state index contributed by atoms with van der Waals surface area (Å²) in [5.74, 6) is -0.729. The molecule has 1 amide bonds. The maximum Gasteiger partial charge on any atom is 0.254 e. The van der Waals surface area contributed by atoms with E-state index < -0.39 is 5.82 Å². The Balaban J connectivity index is 0.00000147. The Kier molecular flexibility index (Phi) is 4.66. The van der Waals surface area contributed by atoms with Crippen LogP contribution in [0.1, 0.15) is 41.6 Å². The number of amides is 1. The van der Waals surface area contributed by atoms with Gasteiger partial charge in [-0.3, -0.25) is 4.79 Å². The van der Waals surface area contributed by atoms with Crippen molar-refractivity contribution in [1.82, 2.24) is 10.6 Å². The number of nitrogens with one attached hydrogen (secondary N) is 2. The second kappa shape index (κ2) is 6.10. The normalized spacial score (nSPS) is 27.8. The number of aryl methyl sites for hydroxylation is 1. The number of halogens is 2. The van der Waals surface area contributed by atoms with Crippen LogP contribution in [0.3, 0.4) is 0 Å². The highest BCUT2D eigenvalue weighted by atomic mass is 35.5. The zero-order chi connectivity index (χ0) is 13.4. The van der Waals surface area contributed by atoms with Crippen LogP contribution in [0.5, 0.6) is 0 Å². The van der Waals surface area contributed by atoms with E-state index >= 15 is 0 Å². The van der Waals surface area contributed by atoms with Gasteiger partial charge in [0.25, 0.3) is 5.91 Å². The van der Waals surface area contributed by atoms with Gasteiger partial charge >= 0.3 is 0 Å². The van der Waals surface area contributed by atoms with E-state index in [4.69, 9.17) is 0 Å². The lowest BCUT2D eigenvalue weighted by Crippen LogP contribution is -2.48. The minimum atomic E-state index is -0.444. The van der Waals surface area contributed by atoms with Crippen molar-refractivity contribution in [2.24, 2.45) is 0 Å². The van der Waals surface area contributed by atoms with E-state index in [9.17, 15) is 9.18 Å². The highest BCUT2D eigenvalue weighted by Crippen LogP contribution is 2.27. The molecule has 2 saturated heterocycles. The summed E-state index contributed by atoms with van der Waals surface area (Å²) in [5.41, 5.74) is 1.06. The van der Waals surface area contributed by atoms with E-state index in [1.54, 1.807) is 12.1 Å². The van der Waals surface area contributed by atoms with Crippen molar-refractivity contribution in [1.29, 1.82) is 0 Å². The van der Waals surface area contributed by atoms with Crippen LogP contribution >= 0.6 is 12.4 Å². The van der Waals surface area contributed by atoms with Crippen LogP contribution in [-0.2, 0) is 0 Å². The highest BCUT2D eigenvalue weighted by molar-refractivity contribution is 5.94. The number of carbonyl (C=O) groups is 1. The third-order valence-electron chi connectivity index (χ3n) is 4.17. The summed E-state index contributed by atoms with van der Waals surface area (Å²) >= 11 is 0. The van der Waals surface area contributed by atoms with E-state index in [-0.39, 0.29) is 29.9 Å². The number of fused-ring (bicyclic) bond motifs is 2. The van der Waals surface area contributed by atoms with E-state index in [1.165, 1.54) is 18.9 Å². The molecule has 2 bridgehead atoms. The van der Waals surface area contributed by atoms with Gasteiger partial charge in [-0.25, -0.2) is 4.39 Å². The van der Waals surface area contributed by atoms with Crippen molar-refractivity contribution in [3.8, 4) is 0 Å². The minimum absolute atomic E-state index is 0. The quantitative estimate of drug-likeness (QED) is 0.881. The van der Waals surface area contributed by atoms with Gasteiger partial charge in [0.05, 0.1) is 5.56 Å². The molecule has 5 heteroatoms. The predicted molar refractivity (Wildman–Crippen MR) is 78.8 cm³/mol. The Hall–Kier alpha value is -1.13. The smallest absolute Gasteiger partial charge is 0.254 e. The number of piperidine rings is 1. The Morgan fingerprint density at radius 3 is 2.60 bits per heavy atom. The molecule has 0 spiro atoms. The second-order valence-corrected chi connectivity index (χ2v) is 5.76. The fraction of sp³-hybridized carbons (Fsp3) is 0.533. The fourth-order valence-electron chi connectivity index (χ4n) is 3.25. The summed E-state index contributed by atoms with van der Waals surface area (Å²) in [7, 11) is 0. The van der Waals surface area contributed by atoms with Gasteiger partial charge in [0.15, 0.2) is 0 Å². The molecule has 0 aliphatic carbocycles. The van der Waals surface area contributed by atoms with Crippen molar-refractivity contribution in [3.63, 3.8) is 0 Å². The lowest BCUT2D eigenvalue weighted by atomic mass is 9.99. The third kappa shape index (κ3) is 3.13. The second-order valence-electron chi connectivity index (χ2n) is 5.76. The summed E-state index contributed by atoms with van der Waals surface area (Å²) in [6.07, 6.45) is 4.29. The van der Waals surface area contributed by atoms with Crippen molar-refractivity contribution in [2.45, 2.75) is 50.7 Å². The molecule has 110 valence electrons. The van der Waals surface area contributed by atoms with E-state index in [0.29, 0.717) is 12.1 Å². The first-order valence-corrected chi connectivity index (χ1v) is 6.95. The zero-order valence-electron chi connectivity index (χ0n) is 11.5. The largest absolute Gasteiger partial charge is 0.349 e. The van der Waals surface area contributed by atoms with Crippen molar-refractivity contribution in [3.05, 3.63) is 35.1 Å². The lowest BCUT2D eigenvalue weighted by molar-refractivity contribution is 0.0920. The highest BCUT2D eigenvalue weighted by Gasteiger charge is 2.34. The topological polar surface area (TPSA) is 41.1 Å². The first kappa shape index (κ1) is 15.3. The van der Waals surface area contributed by atoms with Crippen LogP contribution in [0, 0.1) is 12.7 Å². The summed E-state index contributed by atoms with van der Waals surface area (Å²) in [6, 6.07) is 5.86.